The molecule has 222 valence electrons. The SMILES string of the molecule is CN(C)c1c(Cl)c(-c2ccccc2)cc2c(N(C(N)=O)N(C(N)=O)c3n[nH]c4c(N)c(Cl)c(-c5ccccc5)cc34)n[nH]c12. The van der Waals surface area contributed by atoms with Crippen LogP contribution in [0.2, 0.25) is 10.0 Å². The Balaban J connectivity index is 1.60. The molecule has 0 radical (unpaired) electrons. The van der Waals surface area contributed by atoms with Gasteiger partial charge in [-0.3, -0.25) is 10.2 Å². The van der Waals surface area contributed by atoms with Crippen LogP contribution in [0.3, 0.4) is 0 Å². The number of H-pyrrole nitrogens is 2. The molecule has 6 aromatic rings. The van der Waals surface area contributed by atoms with Gasteiger partial charge in [-0.25, -0.2) is 9.59 Å². The smallest absolute Gasteiger partial charge is 0.340 e. The Labute approximate surface area is 260 Å². The van der Waals surface area contributed by atoms with Crippen molar-refractivity contribution in [3.8, 4) is 22.3 Å². The molecule has 0 aliphatic rings. The first-order valence-corrected chi connectivity index (χ1v) is 14.0. The minimum Gasteiger partial charge on any atom is -0.396 e. The molecule has 2 aromatic heterocycles. The van der Waals surface area contributed by atoms with Gasteiger partial charge in [-0.05, 0) is 23.3 Å². The summed E-state index contributed by atoms with van der Waals surface area (Å²) in [6.07, 6.45) is 0. The van der Waals surface area contributed by atoms with Crippen LogP contribution in [0.1, 0.15) is 0 Å². The lowest BCUT2D eigenvalue weighted by Gasteiger charge is -2.29. The van der Waals surface area contributed by atoms with Crippen LogP contribution in [0.25, 0.3) is 44.1 Å². The van der Waals surface area contributed by atoms with Crippen molar-refractivity contribution >= 4 is 80.1 Å². The molecule has 0 unspecified atom stereocenters. The quantitative estimate of drug-likeness (QED) is 0.113. The molecular weight excluding hydrogens is 603 g/mol. The number of hydrogen-bond acceptors (Lipinski definition) is 6. The number of primary amides is 2. The number of nitrogen functional groups attached to an aromatic ring is 1. The van der Waals surface area contributed by atoms with Gasteiger partial charge in [0.15, 0.2) is 11.6 Å². The molecule has 0 bridgehead atoms. The fourth-order valence-corrected chi connectivity index (χ4v) is 5.93. The molecule has 4 aromatic carbocycles. The number of fused-ring (bicyclic) bond motifs is 2. The monoisotopic (exact) mass is 628 g/mol. The van der Waals surface area contributed by atoms with E-state index in [-0.39, 0.29) is 22.3 Å². The fourth-order valence-electron chi connectivity index (χ4n) is 5.24. The summed E-state index contributed by atoms with van der Waals surface area (Å²) in [4.78, 5) is 28.2. The number of carbonyl (C=O) groups excluding carboxylic acids is 2. The van der Waals surface area contributed by atoms with Crippen LogP contribution >= 0.6 is 23.2 Å². The number of anilines is 4. The first-order chi connectivity index (χ1) is 21.1. The lowest BCUT2D eigenvalue weighted by atomic mass is 10.0. The number of amides is 4. The second kappa shape index (κ2) is 11.0. The summed E-state index contributed by atoms with van der Waals surface area (Å²) in [6, 6.07) is 20.1. The maximum atomic E-state index is 13.2. The van der Waals surface area contributed by atoms with Gasteiger partial charge in [0.25, 0.3) is 0 Å². The highest BCUT2D eigenvalue weighted by Gasteiger charge is 2.34. The van der Waals surface area contributed by atoms with Crippen molar-refractivity contribution in [1.29, 1.82) is 0 Å². The van der Waals surface area contributed by atoms with Crippen molar-refractivity contribution in [2.45, 2.75) is 0 Å². The summed E-state index contributed by atoms with van der Waals surface area (Å²) >= 11 is 13.5. The molecule has 0 spiro atoms. The van der Waals surface area contributed by atoms with E-state index in [0.717, 1.165) is 21.1 Å². The van der Waals surface area contributed by atoms with Gasteiger partial charge in [0.1, 0.15) is 0 Å². The van der Waals surface area contributed by atoms with E-state index in [1.165, 1.54) is 0 Å². The molecule has 0 saturated heterocycles. The zero-order chi connectivity index (χ0) is 31.3. The van der Waals surface area contributed by atoms with E-state index in [2.05, 4.69) is 20.4 Å². The van der Waals surface area contributed by atoms with E-state index in [9.17, 15) is 9.59 Å². The lowest BCUT2D eigenvalue weighted by molar-refractivity contribution is 0.245. The molecule has 0 saturated carbocycles. The Kier molecular flexibility index (Phi) is 7.15. The van der Waals surface area contributed by atoms with E-state index in [0.29, 0.717) is 43.6 Å². The zero-order valence-corrected chi connectivity index (χ0v) is 25.0. The number of nitrogens with zero attached hydrogens (tertiary/aromatic N) is 5. The largest absolute Gasteiger partial charge is 0.396 e. The molecule has 12 nitrogen and oxygen atoms in total. The van der Waals surface area contributed by atoms with Crippen LogP contribution in [0.5, 0.6) is 0 Å². The molecule has 14 heteroatoms. The highest BCUT2D eigenvalue weighted by molar-refractivity contribution is 6.38. The van der Waals surface area contributed by atoms with Gasteiger partial charge in [0.2, 0.25) is 0 Å². The lowest BCUT2D eigenvalue weighted by Crippen LogP contribution is -2.55. The molecule has 8 N–H and O–H groups in total. The second-order valence-electron chi connectivity index (χ2n) is 10.1. The van der Waals surface area contributed by atoms with Gasteiger partial charge >= 0.3 is 12.1 Å². The minimum atomic E-state index is -1.06. The van der Waals surface area contributed by atoms with E-state index < -0.39 is 12.1 Å². The number of rotatable bonds is 5. The van der Waals surface area contributed by atoms with Gasteiger partial charge in [-0.1, -0.05) is 83.9 Å². The Morgan fingerprint density at radius 1 is 0.705 bits per heavy atom. The Morgan fingerprint density at radius 3 is 1.59 bits per heavy atom. The molecule has 0 aliphatic carbocycles. The van der Waals surface area contributed by atoms with Gasteiger partial charge in [-0.15, -0.1) is 0 Å². The van der Waals surface area contributed by atoms with Crippen molar-refractivity contribution in [3.63, 3.8) is 0 Å². The topological polar surface area (TPSA) is 179 Å². The normalized spacial score (nSPS) is 11.2. The maximum Gasteiger partial charge on any atom is 0.340 e. The molecule has 6 rings (SSSR count). The summed E-state index contributed by atoms with van der Waals surface area (Å²) in [5.41, 5.74) is 22.7. The number of hydrazine groups is 1. The first kappa shape index (κ1) is 28.6. The standard InChI is InChI=1S/C30H26Cl2N10O2/c1-40(2)26-22(32)18(16-11-7-4-8-12-16)14-20-25(26)37-39-28(20)42(30(35)44)41(29(34)43)27-19-13-17(15-9-5-3-6-10-15)21(31)23(33)24(19)36-38-27/h3-14H,33H2,1-2H3,(H2,34,43)(H2,35,44)(H,36,38)(H,37,39). The number of benzene rings is 4. The Hall–Kier alpha value is -5.46. The number of aromatic nitrogens is 4. The second-order valence-corrected chi connectivity index (χ2v) is 10.9. The summed E-state index contributed by atoms with van der Waals surface area (Å²) in [5, 5.41) is 17.7. The summed E-state index contributed by atoms with van der Waals surface area (Å²) in [7, 11) is 3.65. The minimum absolute atomic E-state index is 0.00961. The van der Waals surface area contributed by atoms with E-state index >= 15 is 0 Å². The maximum absolute atomic E-state index is 13.2. The fraction of sp³-hybridized carbons (Fsp3) is 0.0667. The van der Waals surface area contributed by atoms with Crippen molar-refractivity contribution in [1.82, 2.24) is 20.4 Å². The van der Waals surface area contributed by atoms with Crippen LogP contribution in [0.4, 0.5) is 32.6 Å². The third-order valence-electron chi connectivity index (χ3n) is 7.20. The van der Waals surface area contributed by atoms with Crippen molar-refractivity contribution in [3.05, 3.63) is 82.8 Å². The summed E-state index contributed by atoms with van der Waals surface area (Å²) in [5.74, 6) is -0.0577. The van der Waals surface area contributed by atoms with Gasteiger partial charge in [0.05, 0.1) is 32.5 Å². The van der Waals surface area contributed by atoms with E-state index in [4.69, 9.17) is 40.4 Å². The number of aromatic amines is 2. The van der Waals surface area contributed by atoms with Gasteiger partial charge in [-0.2, -0.15) is 20.2 Å². The van der Waals surface area contributed by atoms with Crippen LogP contribution in [-0.4, -0.2) is 46.6 Å². The Bertz CT molecular complexity index is 2060. The van der Waals surface area contributed by atoms with Crippen LogP contribution < -0.4 is 32.1 Å². The van der Waals surface area contributed by atoms with Gasteiger partial charge in [0, 0.05) is 36.0 Å². The third kappa shape index (κ3) is 4.57. The predicted molar refractivity (Wildman–Crippen MR) is 176 cm³/mol. The van der Waals surface area contributed by atoms with Crippen LogP contribution in [-0.2, 0) is 0 Å². The summed E-state index contributed by atoms with van der Waals surface area (Å²) in [6.45, 7) is 0. The van der Waals surface area contributed by atoms with Crippen molar-refractivity contribution in [2.24, 2.45) is 11.5 Å². The first-order valence-electron chi connectivity index (χ1n) is 13.2. The molecule has 0 atom stereocenters. The van der Waals surface area contributed by atoms with E-state index in [1.807, 2.05) is 79.7 Å². The average Bonchev–Trinajstić information content (AvgIpc) is 3.61. The number of nitrogens with one attached hydrogen (secondary N) is 2. The Morgan fingerprint density at radius 2 is 1.14 bits per heavy atom. The molecule has 0 fully saturated rings. The molecular formula is C30H26Cl2N10O2. The number of nitrogens with two attached hydrogens (primary N) is 3. The highest BCUT2D eigenvalue weighted by Crippen LogP contribution is 2.44. The van der Waals surface area contributed by atoms with Gasteiger partial charge < -0.3 is 22.1 Å². The highest BCUT2D eigenvalue weighted by atomic mass is 35.5. The molecule has 4 amide bonds. The van der Waals surface area contributed by atoms with Crippen LogP contribution in [0.15, 0.2) is 72.8 Å². The average molecular weight is 630 g/mol. The molecule has 2 heterocycles. The van der Waals surface area contributed by atoms with Crippen LogP contribution in [0, 0.1) is 0 Å². The number of urea groups is 2. The third-order valence-corrected chi connectivity index (χ3v) is 7.99. The molecule has 44 heavy (non-hydrogen) atoms. The zero-order valence-electron chi connectivity index (χ0n) is 23.5. The van der Waals surface area contributed by atoms with E-state index in [1.54, 1.807) is 12.1 Å². The number of halogens is 2. The number of hydrogen-bond donors (Lipinski definition) is 5. The number of carbonyl (C=O) groups is 2. The summed E-state index contributed by atoms with van der Waals surface area (Å²) < 4.78 is 0. The molecule has 0 aliphatic heterocycles. The van der Waals surface area contributed by atoms with Crippen molar-refractivity contribution < 1.29 is 9.59 Å². The predicted octanol–water partition coefficient (Wildman–Crippen LogP) is 6.11. The van der Waals surface area contributed by atoms with Crippen molar-refractivity contribution in [2.75, 3.05) is 34.7 Å².